The average molecular weight is 315 g/mol. The highest BCUT2D eigenvalue weighted by atomic mass is 28.3. The second kappa shape index (κ2) is 5.58. The molecule has 2 heterocycles. The van der Waals surface area contributed by atoms with Crippen LogP contribution in [0.2, 0.25) is 18.1 Å². The first-order valence-electron chi connectivity index (χ1n) is 8.39. The Labute approximate surface area is 132 Å². The minimum atomic E-state index is -1.73. The molecule has 0 saturated carbocycles. The molecule has 1 N–H and O–H groups in total. The summed E-state index contributed by atoms with van der Waals surface area (Å²) in [6.07, 6.45) is 0.862. The van der Waals surface area contributed by atoms with Gasteiger partial charge >= 0.3 is 0 Å². The standard InChI is InChI=1S/C18H25NO2Si/c1-5-22(6-2,7-3)17-13-10-11-21-16-12(4)8-9-14(15(13)16)19-18(17)20/h8-9H,5-7,10-11H2,1-4H3,(H,19,20). The monoisotopic (exact) mass is 315 g/mol. The van der Waals surface area contributed by atoms with Crippen LogP contribution < -0.4 is 15.5 Å². The van der Waals surface area contributed by atoms with Crippen LogP contribution in [-0.4, -0.2) is 19.7 Å². The van der Waals surface area contributed by atoms with Crippen molar-refractivity contribution in [3.63, 3.8) is 0 Å². The van der Waals surface area contributed by atoms with Gasteiger partial charge in [-0.05, 0) is 24.1 Å². The van der Waals surface area contributed by atoms with Crippen molar-refractivity contribution >= 4 is 24.2 Å². The second-order valence-electron chi connectivity index (χ2n) is 6.38. The summed E-state index contributed by atoms with van der Waals surface area (Å²) in [6, 6.07) is 7.44. The molecule has 1 aliphatic heterocycles. The molecule has 118 valence electrons. The molecule has 0 saturated heterocycles. The summed E-state index contributed by atoms with van der Waals surface area (Å²) in [4.78, 5) is 16.0. The minimum absolute atomic E-state index is 0.149. The highest BCUT2D eigenvalue weighted by molar-refractivity contribution is 6.92. The smallest absolute Gasteiger partial charge is 0.247 e. The molecule has 4 heteroatoms. The Bertz CT molecular complexity index is 766. The van der Waals surface area contributed by atoms with Crippen LogP contribution in [0, 0.1) is 6.92 Å². The van der Waals surface area contributed by atoms with E-state index < -0.39 is 8.07 Å². The summed E-state index contributed by atoms with van der Waals surface area (Å²) < 4.78 is 5.93. The van der Waals surface area contributed by atoms with Crippen molar-refractivity contribution in [3.05, 3.63) is 33.6 Å². The van der Waals surface area contributed by atoms with Crippen molar-refractivity contribution in [1.29, 1.82) is 0 Å². The van der Waals surface area contributed by atoms with Gasteiger partial charge in [-0.25, -0.2) is 0 Å². The fourth-order valence-corrected chi connectivity index (χ4v) is 8.06. The van der Waals surface area contributed by atoms with Crippen LogP contribution in [0.25, 0.3) is 10.9 Å². The number of benzene rings is 1. The maximum atomic E-state index is 12.9. The molecule has 1 aromatic heterocycles. The molecule has 0 aliphatic carbocycles. The third-order valence-corrected chi connectivity index (χ3v) is 11.2. The van der Waals surface area contributed by atoms with Crippen LogP contribution in [0.15, 0.2) is 16.9 Å². The van der Waals surface area contributed by atoms with Crippen LogP contribution in [-0.2, 0) is 6.42 Å². The van der Waals surface area contributed by atoms with Crippen LogP contribution in [0.4, 0.5) is 0 Å². The van der Waals surface area contributed by atoms with Gasteiger partial charge in [0.25, 0.3) is 0 Å². The zero-order valence-corrected chi connectivity index (χ0v) is 15.0. The van der Waals surface area contributed by atoms with E-state index in [0.717, 1.165) is 52.0 Å². The SMILES string of the molecule is CC[Si](CC)(CC)c1c2c3c(c(C)ccc3[nH]c1=O)OCC2. The van der Waals surface area contributed by atoms with Gasteiger partial charge in [0.15, 0.2) is 0 Å². The van der Waals surface area contributed by atoms with Gasteiger partial charge in [0.05, 0.1) is 20.2 Å². The number of aryl methyl sites for hydroxylation is 1. The largest absolute Gasteiger partial charge is 0.492 e. The molecule has 0 amide bonds. The molecule has 0 unspecified atom stereocenters. The van der Waals surface area contributed by atoms with Crippen LogP contribution in [0.1, 0.15) is 31.9 Å². The summed E-state index contributed by atoms with van der Waals surface area (Å²) >= 11 is 0. The third kappa shape index (κ3) is 2.04. The van der Waals surface area contributed by atoms with Gasteiger partial charge in [0.1, 0.15) is 5.75 Å². The molecule has 3 rings (SSSR count). The van der Waals surface area contributed by atoms with E-state index in [0.29, 0.717) is 6.61 Å². The molecule has 0 fully saturated rings. The molecule has 0 atom stereocenters. The zero-order valence-electron chi connectivity index (χ0n) is 14.0. The van der Waals surface area contributed by atoms with E-state index in [2.05, 4.69) is 32.7 Å². The van der Waals surface area contributed by atoms with Crippen molar-refractivity contribution in [3.8, 4) is 5.75 Å². The fraction of sp³-hybridized carbons (Fsp3) is 0.500. The van der Waals surface area contributed by atoms with E-state index in [1.54, 1.807) is 0 Å². The molecule has 0 radical (unpaired) electrons. The molecule has 3 nitrogen and oxygen atoms in total. The molecule has 1 aromatic carbocycles. The minimum Gasteiger partial charge on any atom is -0.492 e. The van der Waals surface area contributed by atoms with Gasteiger partial charge in [-0.3, -0.25) is 4.79 Å². The maximum Gasteiger partial charge on any atom is 0.247 e. The first-order valence-corrected chi connectivity index (χ1v) is 11.0. The van der Waals surface area contributed by atoms with Crippen molar-refractivity contribution in [1.82, 2.24) is 4.98 Å². The van der Waals surface area contributed by atoms with Gasteiger partial charge in [-0.1, -0.05) is 45.0 Å². The lowest BCUT2D eigenvalue weighted by atomic mass is 10.0. The lowest BCUT2D eigenvalue weighted by Crippen LogP contribution is -2.56. The zero-order chi connectivity index (χ0) is 15.9. The molecular weight excluding hydrogens is 290 g/mol. The number of aromatic nitrogens is 1. The third-order valence-electron chi connectivity index (χ3n) is 5.59. The second-order valence-corrected chi connectivity index (χ2v) is 11.6. The van der Waals surface area contributed by atoms with Gasteiger partial charge in [0, 0.05) is 17.0 Å². The summed E-state index contributed by atoms with van der Waals surface area (Å²) in [6.45, 7) is 9.54. The van der Waals surface area contributed by atoms with E-state index in [1.165, 1.54) is 5.56 Å². The number of hydrogen-bond acceptors (Lipinski definition) is 2. The normalized spacial score (nSPS) is 14.2. The van der Waals surface area contributed by atoms with Crippen molar-refractivity contribution in [2.75, 3.05) is 6.61 Å². The highest BCUT2D eigenvalue weighted by Crippen LogP contribution is 2.35. The van der Waals surface area contributed by atoms with Gasteiger partial charge in [-0.15, -0.1) is 0 Å². The number of H-pyrrole nitrogens is 1. The van der Waals surface area contributed by atoms with E-state index in [9.17, 15) is 4.79 Å². The Morgan fingerprint density at radius 1 is 1.18 bits per heavy atom. The first-order chi connectivity index (χ1) is 10.6. The fourth-order valence-electron chi connectivity index (χ4n) is 4.07. The molecule has 1 aliphatic rings. The number of hydrogen-bond donors (Lipinski definition) is 1. The van der Waals surface area contributed by atoms with Gasteiger partial charge in [-0.2, -0.15) is 0 Å². The number of rotatable bonds is 4. The number of nitrogens with one attached hydrogen (secondary N) is 1. The van der Waals surface area contributed by atoms with Crippen molar-refractivity contribution in [2.45, 2.75) is 52.2 Å². The summed E-state index contributed by atoms with van der Waals surface area (Å²) in [7, 11) is -1.73. The van der Waals surface area contributed by atoms with E-state index >= 15 is 0 Å². The Balaban J connectivity index is 2.45. The Kier molecular flexibility index (Phi) is 3.89. The molecule has 2 aromatic rings. The van der Waals surface area contributed by atoms with E-state index in [1.807, 2.05) is 12.1 Å². The Morgan fingerprint density at radius 3 is 2.50 bits per heavy atom. The van der Waals surface area contributed by atoms with Crippen LogP contribution in [0.5, 0.6) is 5.75 Å². The lowest BCUT2D eigenvalue weighted by molar-refractivity contribution is 0.316. The van der Waals surface area contributed by atoms with Crippen molar-refractivity contribution in [2.24, 2.45) is 0 Å². The quantitative estimate of drug-likeness (QED) is 0.878. The number of ether oxygens (including phenoxy) is 1. The summed E-state index contributed by atoms with van der Waals surface area (Å²) in [5.74, 6) is 0.974. The van der Waals surface area contributed by atoms with E-state index in [4.69, 9.17) is 4.74 Å². The Morgan fingerprint density at radius 2 is 1.86 bits per heavy atom. The summed E-state index contributed by atoms with van der Waals surface area (Å²) in [5, 5.41) is 2.30. The topological polar surface area (TPSA) is 42.1 Å². The van der Waals surface area contributed by atoms with Crippen LogP contribution >= 0.6 is 0 Å². The first kappa shape index (κ1) is 15.3. The van der Waals surface area contributed by atoms with E-state index in [-0.39, 0.29) is 5.56 Å². The Hall–Kier alpha value is -1.55. The number of aromatic amines is 1. The summed E-state index contributed by atoms with van der Waals surface area (Å²) in [5.41, 5.74) is 3.51. The molecule has 0 spiro atoms. The van der Waals surface area contributed by atoms with Gasteiger partial charge in [0.2, 0.25) is 5.56 Å². The molecule has 22 heavy (non-hydrogen) atoms. The maximum absolute atomic E-state index is 12.9. The average Bonchev–Trinajstić information content (AvgIpc) is 2.55. The molecular formula is C18H25NO2Si. The molecule has 0 bridgehead atoms. The predicted molar refractivity (Wildman–Crippen MR) is 95.3 cm³/mol. The number of pyridine rings is 1. The highest BCUT2D eigenvalue weighted by Gasteiger charge is 2.36. The van der Waals surface area contributed by atoms with Crippen molar-refractivity contribution < 1.29 is 4.74 Å². The van der Waals surface area contributed by atoms with Crippen LogP contribution in [0.3, 0.4) is 0 Å². The van der Waals surface area contributed by atoms with Gasteiger partial charge < -0.3 is 9.72 Å². The lowest BCUT2D eigenvalue weighted by Gasteiger charge is -2.32. The predicted octanol–water partition coefficient (Wildman–Crippen LogP) is 3.49.